The quantitative estimate of drug-likeness (QED) is 0.751. The number of aromatic nitrogens is 4. The van der Waals surface area contributed by atoms with E-state index < -0.39 is 0 Å². The second kappa shape index (κ2) is 6.78. The standard InChI is InChI=1S/C18H23N7/c1-13-22-17(20-10-14-12-24(2)9-8-19-14)16-11-21-25(18(16)23-13)15-6-4-3-5-7-15/h3-7,11,14,19H,8-10,12H2,1-2H3,(H,20,22,23). The van der Waals surface area contributed by atoms with Crippen molar-refractivity contribution in [2.75, 3.05) is 38.5 Å². The van der Waals surface area contributed by atoms with Crippen molar-refractivity contribution in [3.8, 4) is 5.69 Å². The third-order valence-corrected chi connectivity index (χ3v) is 4.52. The Labute approximate surface area is 147 Å². The lowest BCUT2D eigenvalue weighted by Gasteiger charge is -2.31. The summed E-state index contributed by atoms with van der Waals surface area (Å²) in [5, 5.41) is 12.5. The van der Waals surface area contributed by atoms with Crippen LogP contribution in [0, 0.1) is 6.92 Å². The molecule has 0 saturated carbocycles. The zero-order valence-electron chi connectivity index (χ0n) is 14.6. The number of rotatable bonds is 4. The molecule has 130 valence electrons. The number of nitrogens with zero attached hydrogens (tertiary/aromatic N) is 5. The third-order valence-electron chi connectivity index (χ3n) is 4.52. The van der Waals surface area contributed by atoms with Gasteiger partial charge in [-0.1, -0.05) is 18.2 Å². The number of hydrogen-bond acceptors (Lipinski definition) is 6. The number of nitrogens with one attached hydrogen (secondary N) is 2. The highest BCUT2D eigenvalue weighted by Crippen LogP contribution is 2.22. The Balaban J connectivity index is 1.62. The van der Waals surface area contributed by atoms with E-state index >= 15 is 0 Å². The summed E-state index contributed by atoms with van der Waals surface area (Å²) < 4.78 is 1.86. The van der Waals surface area contributed by atoms with E-state index in [0.29, 0.717) is 6.04 Å². The molecule has 1 unspecified atom stereocenters. The lowest BCUT2D eigenvalue weighted by molar-refractivity contribution is 0.244. The van der Waals surface area contributed by atoms with E-state index in [1.54, 1.807) is 0 Å². The third kappa shape index (κ3) is 3.33. The highest BCUT2D eigenvalue weighted by Gasteiger charge is 2.18. The van der Waals surface area contributed by atoms with E-state index in [4.69, 9.17) is 0 Å². The number of hydrogen-bond donors (Lipinski definition) is 2. The molecule has 1 aliphatic heterocycles. The van der Waals surface area contributed by atoms with Gasteiger partial charge in [-0.05, 0) is 26.1 Å². The van der Waals surface area contributed by atoms with Crippen molar-refractivity contribution >= 4 is 16.9 Å². The molecule has 1 fully saturated rings. The molecule has 0 amide bonds. The fourth-order valence-corrected chi connectivity index (χ4v) is 3.26. The second-order valence-corrected chi connectivity index (χ2v) is 6.54. The van der Waals surface area contributed by atoms with Crippen molar-refractivity contribution in [1.82, 2.24) is 30.0 Å². The molecule has 0 aliphatic carbocycles. The van der Waals surface area contributed by atoms with Crippen molar-refractivity contribution in [2.24, 2.45) is 0 Å². The van der Waals surface area contributed by atoms with Gasteiger partial charge in [-0.15, -0.1) is 0 Å². The summed E-state index contributed by atoms with van der Waals surface area (Å²) in [6, 6.07) is 10.5. The Morgan fingerprint density at radius 1 is 1.24 bits per heavy atom. The fraction of sp³-hybridized carbons (Fsp3) is 0.389. The maximum atomic E-state index is 4.60. The largest absolute Gasteiger partial charge is 0.368 e. The lowest BCUT2D eigenvalue weighted by atomic mass is 10.2. The van der Waals surface area contributed by atoms with Crippen LogP contribution in [0.4, 0.5) is 5.82 Å². The summed E-state index contributed by atoms with van der Waals surface area (Å²) >= 11 is 0. The first-order valence-corrected chi connectivity index (χ1v) is 8.64. The lowest BCUT2D eigenvalue weighted by Crippen LogP contribution is -2.51. The van der Waals surface area contributed by atoms with Crippen molar-refractivity contribution in [1.29, 1.82) is 0 Å². The number of piperazine rings is 1. The Kier molecular flexibility index (Phi) is 4.33. The van der Waals surface area contributed by atoms with Gasteiger partial charge < -0.3 is 15.5 Å². The summed E-state index contributed by atoms with van der Waals surface area (Å²) in [5.74, 6) is 1.58. The van der Waals surface area contributed by atoms with Crippen LogP contribution in [0.25, 0.3) is 16.7 Å². The molecule has 1 aliphatic rings. The van der Waals surface area contributed by atoms with Gasteiger partial charge in [0, 0.05) is 32.2 Å². The first kappa shape index (κ1) is 16.0. The van der Waals surface area contributed by atoms with Gasteiger partial charge in [0.1, 0.15) is 11.6 Å². The van der Waals surface area contributed by atoms with Gasteiger partial charge in [0.25, 0.3) is 0 Å². The Morgan fingerprint density at radius 2 is 2.08 bits per heavy atom. The molecule has 4 rings (SSSR count). The zero-order valence-corrected chi connectivity index (χ0v) is 14.6. The number of benzene rings is 1. The molecule has 3 aromatic rings. The van der Waals surface area contributed by atoms with E-state index in [1.165, 1.54) is 0 Å². The zero-order chi connectivity index (χ0) is 17.2. The summed E-state index contributed by atoms with van der Waals surface area (Å²) in [5.41, 5.74) is 1.83. The van der Waals surface area contributed by atoms with Crippen molar-refractivity contribution in [3.05, 3.63) is 42.4 Å². The Hall–Kier alpha value is -2.51. The van der Waals surface area contributed by atoms with Gasteiger partial charge in [-0.25, -0.2) is 14.6 Å². The minimum atomic E-state index is 0.410. The van der Waals surface area contributed by atoms with Crippen LogP contribution in [0.3, 0.4) is 0 Å². The van der Waals surface area contributed by atoms with Crippen LogP contribution in [0.5, 0.6) is 0 Å². The predicted octanol–water partition coefficient (Wildman–Crippen LogP) is 1.44. The first-order chi connectivity index (χ1) is 12.2. The smallest absolute Gasteiger partial charge is 0.168 e. The van der Waals surface area contributed by atoms with Crippen LogP contribution in [-0.2, 0) is 0 Å². The summed E-state index contributed by atoms with van der Waals surface area (Å²) in [6.07, 6.45) is 1.84. The molecule has 1 aromatic carbocycles. The number of para-hydroxylation sites is 1. The van der Waals surface area contributed by atoms with Gasteiger partial charge >= 0.3 is 0 Å². The molecule has 3 heterocycles. The summed E-state index contributed by atoms with van der Waals surface area (Å²) in [4.78, 5) is 11.5. The molecule has 1 saturated heterocycles. The normalized spacial score (nSPS) is 18.6. The highest BCUT2D eigenvalue weighted by molar-refractivity contribution is 5.87. The molecule has 7 nitrogen and oxygen atoms in total. The molecule has 7 heteroatoms. The van der Waals surface area contributed by atoms with E-state index in [-0.39, 0.29) is 0 Å². The maximum Gasteiger partial charge on any atom is 0.168 e. The van der Waals surface area contributed by atoms with Crippen molar-refractivity contribution in [2.45, 2.75) is 13.0 Å². The number of likely N-dealkylation sites (N-methyl/N-ethyl adjacent to an activating group) is 1. The molecule has 0 radical (unpaired) electrons. The number of anilines is 1. The average molecular weight is 337 g/mol. The Morgan fingerprint density at radius 3 is 2.88 bits per heavy atom. The predicted molar refractivity (Wildman–Crippen MR) is 99.2 cm³/mol. The van der Waals surface area contributed by atoms with E-state index in [9.17, 15) is 0 Å². The van der Waals surface area contributed by atoms with Gasteiger partial charge in [0.2, 0.25) is 0 Å². The van der Waals surface area contributed by atoms with Crippen molar-refractivity contribution in [3.63, 3.8) is 0 Å². The molecule has 25 heavy (non-hydrogen) atoms. The molecule has 2 N–H and O–H groups in total. The van der Waals surface area contributed by atoms with Crippen molar-refractivity contribution < 1.29 is 0 Å². The summed E-state index contributed by atoms with van der Waals surface area (Å²) in [7, 11) is 2.16. The number of aryl methyl sites for hydroxylation is 1. The van der Waals surface area contributed by atoms with Gasteiger partial charge in [-0.3, -0.25) is 0 Å². The van der Waals surface area contributed by atoms with Crippen LogP contribution in [0.1, 0.15) is 5.82 Å². The van der Waals surface area contributed by atoms with E-state index in [2.05, 4.69) is 37.6 Å². The minimum Gasteiger partial charge on any atom is -0.368 e. The summed E-state index contributed by atoms with van der Waals surface area (Å²) in [6.45, 7) is 5.89. The van der Waals surface area contributed by atoms with Crippen LogP contribution in [-0.4, -0.2) is 63.9 Å². The van der Waals surface area contributed by atoms with Crippen LogP contribution >= 0.6 is 0 Å². The van der Waals surface area contributed by atoms with Crippen LogP contribution in [0.15, 0.2) is 36.5 Å². The van der Waals surface area contributed by atoms with Gasteiger partial charge in [-0.2, -0.15) is 5.10 Å². The SMILES string of the molecule is Cc1nc(NCC2CN(C)CCN2)c2cnn(-c3ccccc3)c2n1. The topological polar surface area (TPSA) is 70.9 Å². The van der Waals surface area contributed by atoms with Crippen LogP contribution < -0.4 is 10.6 Å². The molecule has 0 spiro atoms. The first-order valence-electron chi connectivity index (χ1n) is 8.64. The van der Waals surface area contributed by atoms with Gasteiger partial charge in [0.15, 0.2) is 5.65 Å². The molecule has 2 aromatic heterocycles. The average Bonchev–Trinajstić information content (AvgIpc) is 3.04. The molecular formula is C18H23N7. The minimum absolute atomic E-state index is 0.410. The molecular weight excluding hydrogens is 314 g/mol. The second-order valence-electron chi connectivity index (χ2n) is 6.54. The molecule has 0 bridgehead atoms. The fourth-order valence-electron chi connectivity index (χ4n) is 3.26. The molecule has 1 atom stereocenters. The van der Waals surface area contributed by atoms with Gasteiger partial charge in [0.05, 0.1) is 17.3 Å². The monoisotopic (exact) mass is 337 g/mol. The maximum absolute atomic E-state index is 4.60. The van der Waals surface area contributed by atoms with Crippen LogP contribution in [0.2, 0.25) is 0 Å². The Bertz CT molecular complexity index is 858. The van der Waals surface area contributed by atoms with E-state index in [0.717, 1.165) is 54.5 Å². The number of fused-ring (bicyclic) bond motifs is 1. The van der Waals surface area contributed by atoms with E-state index in [1.807, 2.05) is 48.1 Å². The highest BCUT2D eigenvalue weighted by atomic mass is 15.3.